The van der Waals surface area contributed by atoms with Crippen molar-refractivity contribution in [3.05, 3.63) is 73.3 Å². The number of carbonyl (C=O) groups excluding carboxylic acids is 1. The van der Waals surface area contributed by atoms with E-state index in [1.54, 1.807) is 31.5 Å². The van der Waals surface area contributed by atoms with Crippen molar-refractivity contribution in [1.82, 2.24) is 4.98 Å². The van der Waals surface area contributed by atoms with Crippen LogP contribution in [0.5, 0.6) is 11.5 Å². The third kappa shape index (κ3) is 4.76. The number of carbonyl (C=O) groups is 1. The Morgan fingerprint density at radius 3 is 2.70 bits per heavy atom. The normalized spacial score (nSPS) is 10.3. The average molecular weight is 364 g/mol. The number of methoxy groups -OCH3 is 1. The van der Waals surface area contributed by atoms with Gasteiger partial charge in [0.05, 0.1) is 13.3 Å². The van der Waals surface area contributed by atoms with Gasteiger partial charge in [0.25, 0.3) is 5.91 Å². The van der Waals surface area contributed by atoms with Gasteiger partial charge in [0.15, 0.2) is 30.3 Å². The summed E-state index contributed by atoms with van der Waals surface area (Å²) in [5.74, 6) is 1.50. The first-order valence-electron chi connectivity index (χ1n) is 8.39. The van der Waals surface area contributed by atoms with Crippen LogP contribution in [0.1, 0.15) is 5.56 Å². The summed E-state index contributed by atoms with van der Waals surface area (Å²) >= 11 is 0. The Balaban J connectivity index is 1.57. The lowest BCUT2D eigenvalue weighted by Gasteiger charge is -2.12. The SMILES string of the molecule is C=CCc1ccc(OCC(=O)Nc2ccc(-c3cnco3)cc2)c(OC)c1. The van der Waals surface area contributed by atoms with Gasteiger partial charge in [-0.1, -0.05) is 12.1 Å². The maximum absolute atomic E-state index is 12.1. The Labute approximate surface area is 157 Å². The molecule has 0 aliphatic heterocycles. The highest BCUT2D eigenvalue weighted by molar-refractivity contribution is 5.92. The van der Waals surface area contributed by atoms with Crippen molar-refractivity contribution < 1.29 is 18.7 Å². The van der Waals surface area contributed by atoms with Crippen LogP contribution >= 0.6 is 0 Å². The molecule has 1 N–H and O–H groups in total. The Morgan fingerprint density at radius 1 is 1.22 bits per heavy atom. The summed E-state index contributed by atoms with van der Waals surface area (Å²) in [6.07, 6.45) is 5.56. The van der Waals surface area contributed by atoms with Gasteiger partial charge in [0.1, 0.15) is 0 Å². The van der Waals surface area contributed by atoms with E-state index in [2.05, 4.69) is 16.9 Å². The van der Waals surface area contributed by atoms with Gasteiger partial charge < -0.3 is 19.2 Å². The first kappa shape index (κ1) is 18.3. The van der Waals surface area contributed by atoms with E-state index in [0.29, 0.717) is 22.9 Å². The zero-order chi connectivity index (χ0) is 19.1. The maximum Gasteiger partial charge on any atom is 0.262 e. The number of oxazole rings is 1. The van der Waals surface area contributed by atoms with E-state index < -0.39 is 0 Å². The fraction of sp³-hybridized carbons (Fsp3) is 0.143. The van der Waals surface area contributed by atoms with E-state index in [1.807, 2.05) is 30.3 Å². The van der Waals surface area contributed by atoms with Gasteiger partial charge in [-0.15, -0.1) is 6.58 Å². The van der Waals surface area contributed by atoms with Crippen molar-refractivity contribution in [2.24, 2.45) is 0 Å². The van der Waals surface area contributed by atoms with Crippen molar-refractivity contribution in [2.75, 3.05) is 19.0 Å². The van der Waals surface area contributed by atoms with Crippen LogP contribution in [0, 0.1) is 0 Å². The van der Waals surface area contributed by atoms with Gasteiger partial charge in [0, 0.05) is 11.3 Å². The quantitative estimate of drug-likeness (QED) is 0.609. The van der Waals surface area contributed by atoms with Crippen LogP contribution in [-0.2, 0) is 11.2 Å². The number of allylic oxidation sites excluding steroid dienone is 1. The van der Waals surface area contributed by atoms with Crippen molar-refractivity contribution in [2.45, 2.75) is 6.42 Å². The number of ether oxygens (including phenoxy) is 2. The zero-order valence-electron chi connectivity index (χ0n) is 15.0. The van der Waals surface area contributed by atoms with Crippen molar-refractivity contribution in [3.63, 3.8) is 0 Å². The average Bonchev–Trinajstić information content (AvgIpc) is 3.22. The zero-order valence-corrected chi connectivity index (χ0v) is 15.0. The molecule has 138 valence electrons. The lowest BCUT2D eigenvalue weighted by molar-refractivity contribution is -0.118. The van der Waals surface area contributed by atoms with Crippen molar-refractivity contribution in [1.29, 1.82) is 0 Å². The molecule has 2 aromatic carbocycles. The molecule has 0 aliphatic rings. The molecule has 1 heterocycles. The fourth-order valence-electron chi connectivity index (χ4n) is 2.54. The van der Waals surface area contributed by atoms with E-state index in [9.17, 15) is 4.79 Å². The summed E-state index contributed by atoms with van der Waals surface area (Å²) in [6.45, 7) is 3.60. The minimum atomic E-state index is -0.264. The number of nitrogens with zero attached hydrogens (tertiary/aromatic N) is 1. The monoisotopic (exact) mass is 364 g/mol. The smallest absolute Gasteiger partial charge is 0.262 e. The standard InChI is InChI=1S/C21H20N2O4/c1-3-4-15-5-10-18(19(11-15)25-2)26-13-21(24)23-17-8-6-16(7-9-17)20-12-22-14-27-20/h3,5-12,14H,1,4,13H2,2H3,(H,23,24). The lowest BCUT2D eigenvalue weighted by atomic mass is 10.1. The van der Waals surface area contributed by atoms with Crippen LogP contribution in [0.25, 0.3) is 11.3 Å². The van der Waals surface area contributed by atoms with Crippen LogP contribution in [-0.4, -0.2) is 24.6 Å². The fourth-order valence-corrected chi connectivity index (χ4v) is 2.54. The second-order valence-corrected chi connectivity index (χ2v) is 5.76. The summed E-state index contributed by atoms with van der Waals surface area (Å²) in [7, 11) is 1.57. The van der Waals surface area contributed by atoms with Gasteiger partial charge in [0.2, 0.25) is 0 Å². The van der Waals surface area contributed by atoms with Crippen molar-refractivity contribution >= 4 is 11.6 Å². The highest BCUT2D eigenvalue weighted by Gasteiger charge is 2.09. The number of nitrogens with one attached hydrogen (secondary N) is 1. The summed E-state index contributed by atoms with van der Waals surface area (Å²) in [4.78, 5) is 16.0. The molecule has 0 fully saturated rings. The summed E-state index contributed by atoms with van der Waals surface area (Å²) < 4.78 is 16.2. The molecule has 1 aromatic heterocycles. The molecule has 0 saturated carbocycles. The van der Waals surface area contributed by atoms with Crippen LogP contribution in [0.4, 0.5) is 5.69 Å². The number of anilines is 1. The first-order valence-corrected chi connectivity index (χ1v) is 8.39. The Kier molecular flexibility index (Phi) is 5.89. The largest absolute Gasteiger partial charge is 0.493 e. The van der Waals surface area contributed by atoms with Gasteiger partial charge >= 0.3 is 0 Å². The Morgan fingerprint density at radius 2 is 2.04 bits per heavy atom. The van der Waals surface area contributed by atoms with Gasteiger partial charge in [-0.25, -0.2) is 4.98 Å². The van der Waals surface area contributed by atoms with Gasteiger partial charge in [-0.2, -0.15) is 0 Å². The molecule has 0 spiro atoms. The Hall–Kier alpha value is -3.54. The first-order chi connectivity index (χ1) is 13.2. The molecule has 0 aliphatic carbocycles. The van der Waals surface area contributed by atoms with Crippen LogP contribution in [0.3, 0.4) is 0 Å². The lowest BCUT2D eigenvalue weighted by Crippen LogP contribution is -2.20. The predicted molar refractivity (Wildman–Crippen MR) is 103 cm³/mol. The molecule has 1 amide bonds. The summed E-state index contributed by atoms with van der Waals surface area (Å²) in [5, 5.41) is 2.79. The molecule has 6 nitrogen and oxygen atoms in total. The highest BCUT2D eigenvalue weighted by atomic mass is 16.5. The molecule has 0 unspecified atom stereocenters. The van der Waals surface area contributed by atoms with Crippen LogP contribution in [0.2, 0.25) is 0 Å². The summed E-state index contributed by atoms with van der Waals surface area (Å²) in [6, 6.07) is 12.9. The molecule has 0 saturated heterocycles. The number of benzene rings is 2. The molecular weight excluding hydrogens is 344 g/mol. The molecular formula is C21H20N2O4. The molecule has 27 heavy (non-hydrogen) atoms. The van der Waals surface area contributed by atoms with Crippen molar-refractivity contribution in [3.8, 4) is 22.8 Å². The van der Waals surface area contributed by atoms with E-state index >= 15 is 0 Å². The number of aromatic nitrogens is 1. The molecule has 0 bridgehead atoms. The van der Waals surface area contributed by atoms with E-state index in [4.69, 9.17) is 13.9 Å². The number of rotatable bonds is 8. The molecule has 0 radical (unpaired) electrons. The van der Waals surface area contributed by atoms with E-state index in [-0.39, 0.29) is 12.5 Å². The number of hydrogen-bond donors (Lipinski definition) is 1. The molecule has 3 aromatic rings. The number of hydrogen-bond acceptors (Lipinski definition) is 5. The Bertz CT molecular complexity index is 902. The van der Waals surface area contributed by atoms with Gasteiger partial charge in [-0.3, -0.25) is 4.79 Å². The third-order valence-corrected chi connectivity index (χ3v) is 3.85. The van der Waals surface area contributed by atoms with E-state index in [0.717, 1.165) is 17.5 Å². The van der Waals surface area contributed by atoms with E-state index in [1.165, 1.54) is 6.39 Å². The maximum atomic E-state index is 12.1. The molecule has 0 atom stereocenters. The minimum absolute atomic E-state index is 0.124. The number of amides is 1. The predicted octanol–water partition coefficient (Wildman–Crippen LogP) is 4.10. The van der Waals surface area contributed by atoms with Gasteiger partial charge in [-0.05, 0) is 48.4 Å². The molecule has 3 rings (SSSR count). The third-order valence-electron chi connectivity index (χ3n) is 3.85. The second kappa shape index (κ2) is 8.71. The summed E-state index contributed by atoms with van der Waals surface area (Å²) in [5.41, 5.74) is 2.61. The van der Waals surface area contributed by atoms with Crippen LogP contribution < -0.4 is 14.8 Å². The topological polar surface area (TPSA) is 73.6 Å². The molecule has 6 heteroatoms. The van der Waals surface area contributed by atoms with Crippen LogP contribution in [0.15, 0.2) is 72.1 Å². The second-order valence-electron chi connectivity index (χ2n) is 5.76. The minimum Gasteiger partial charge on any atom is -0.493 e. The highest BCUT2D eigenvalue weighted by Crippen LogP contribution is 2.28.